The molecular weight excluding hydrogens is 360 g/mol. The highest BCUT2D eigenvalue weighted by Crippen LogP contribution is 2.28. The third kappa shape index (κ3) is 5.89. The molecule has 1 fully saturated rings. The lowest BCUT2D eigenvalue weighted by Crippen LogP contribution is -2.44. The van der Waals surface area contributed by atoms with Gasteiger partial charge in [-0.1, -0.05) is 49.8 Å². The van der Waals surface area contributed by atoms with Crippen molar-refractivity contribution in [1.82, 2.24) is 5.32 Å². The number of nitrogens with zero attached hydrogens (tertiary/aromatic N) is 1. The van der Waals surface area contributed by atoms with Gasteiger partial charge in [0.05, 0.1) is 11.9 Å². The quantitative estimate of drug-likeness (QED) is 0.839. The molecule has 0 spiro atoms. The Morgan fingerprint density at radius 1 is 1.20 bits per heavy atom. The molecule has 0 radical (unpaired) electrons. The molecule has 0 bridgehead atoms. The van der Waals surface area contributed by atoms with Gasteiger partial charge >= 0.3 is 0 Å². The van der Waals surface area contributed by atoms with Crippen LogP contribution in [0.1, 0.15) is 50.5 Å². The molecule has 0 saturated heterocycles. The van der Waals surface area contributed by atoms with Gasteiger partial charge < -0.3 is 5.32 Å². The summed E-state index contributed by atoms with van der Waals surface area (Å²) in [6.45, 7) is 1.53. The van der Waals surface area contributed by atoms with Crippen LogP contribution in [0.5, 0.6) is 0 Å². The molecule has 1 aromatic rings. The van der Waals surface area contributed by atoms with E-state index >= 15 is 0 Å². The van der Waals surface area contributed by atoms with E-state index in [9.17, 15) is 13.2 Å². The fourth-order valence-electron chi connectivity index (χ4n) is 3.25. The third-order valence-corrected chi connectivity index (χ3v) is 6.20. The summed E-state index contributed by atoms with van der Waals surface area (Å²) in [4.78, 5) is 12.5. The van der Waals surface area contributed by atoms with Gasteiger partial charge in [0, 0.05) is 11.1 Å². The predicted octanol–water partition coefficient (Wildman–Crippen LogP) is 3.64. The number of hydrogen-bond acceptors (Lipinski definition) is 3. The van der Waals surface area contributed by atoms with Crippen LogP contribution in [-0.2, 0) is 14.8 Å². The Bertz CT molecular complexity index is 698. The second kappa shape index (κ2) is 8.90. The molecule has 0 aromatic heterocycles. The van der Waals surface area contributed by atoms with Crippen LogP contribution >= 0.6 is 11.6 Å². The first kappa shape index (κ1) is 20.0. The Morgan fingerprint density at radius 3 is 2.40 bits per heavy atom. The van der Waals surface area contributed by atoms with Crippen molar-refractivity contribution >= 4 is 33.2 Å². The van der Waals surface area contributed by atoms with Gasteiger partial charge in [-0.25, -0.2) is 8.42 Å². The zero-order valence-electron chi connectivity index (χ0n) is 14.9. The summed E-state index contributed by atoms with van der Waals surface area (Å²) in [5, 5.41) is 3.49. The van der Waals surface area contributed by atoms with E-state index in [1.165, 1.54) is 19.3 Å². The summed E-state index contributed by atoms with van der Waals surface area (Å²) in [5.41, 5.74) is 1.09. The summed E-state index contributed by atoms with van der Waals surface area (Å²) >= 11 is 6.11. The van der Waals surface area contributed by atoms with Gasteiger partial charge in [0.15, 0.2) is 0 Å². The predicted molar refractivity (Wildman–Crippen MR) is 103 cm³/mol. The number of carbonyl (C=O) groups is 1. The monoisotopic (exact) mass is 386 g/mol. The molecule has 5 nitrogen and oxygen atoms in total. The summed E-state index contributed by atoms with van der Waals surface area (Å²) in [6, 6.07) is 5.20. The van der Waals surface area contributed by atoms with Gasteiger partial charge in [0.1, 0.15) is 6.54 Å². The Morgan fingerprint density at radius 2 is 1.80 bits per heavy atom. The number of amides is 1. The first-order chi connectivity index (χ1) is 11.8. The van der Waals surface area contributed by atoms with E-state index in [-0.39, 0.29) is 18.5 Å². The molecule has 7 heteroatoms. The van der Waals surface area contributed by atoms with Gasteiger partial charge in [0.25, 0.3) is 0 Å². The minimum Gasteiger partial charge on any atom is -0.352 e. The lowest BCUT2D eigenvalue weighted by atomic mass is 9.97. The molecule has 140 valence electrons. The number of carbonyl (C=O) groups excluding carboxylic acids is 1. The molecule has 1 aliphatic rings. The largest absolute Gasteiger partial charge is 0.352 e. The normalized spacial score (nSPS) is 16.8. The third-order valence-electron chi connectivity index (χ3n) is 4.67. The highest BCUT2D eigenvalue weighted by Gasteiger charge is 2.24. The van der Waals surface area contributed by atoms with E-state index < -0.39 is 10.0 Å². The van der Waals surface area contributed by atoms with Crippen molar-refractivity contribution < 1.29 is 13.2 Å². The molecule has 0 atom stereocenters. The van der Waals surface area contributed by atoms with Crippen molar-refractivity contribution in [2.75, 3.05) is 17.1 Å². The van der Waals surface area contributed by atoms with Gasteiger partial charge in [-0.2, -0.15) is 0 Å². The van der Waals surface area contributed by atoms with E-state index in [0.29, 0.717) is 16.3 Å². The fourth-order valence-corrected chi connectivity index (χ4v) is 4.33. The van der Waals surface area contributed by atoms with Gasteiger partial charge in [-0.3, -0.25) is 9.10 Å². The van der Waals surface area contributed by atoms with Crippen LogP contribution in [0, 0.1) is 6.92 Å². The maximum absolute atomic E-state index is 12.5. The Labute approximate surface area is 155 Å². The van der Waals surface area contributed by atoms with E-state index in [1.54, 1.807) is 25.1 Å². The Balaban J connectivity index is 2.11. The molecule has 25 heavy (non-hydrogen) atoms. The lowest BCUT2D eigenvalue weighted by molar-refractivity contribution is -0.120. The van der Waals surface area contributed by atoms with E-state index in [2.05, 4.69) is 5.32 Å². The average Bonchev–Trinajstić information content (AvgIpc) is 2.49. The Hall–Kier alpha value is -1.27. The van der Waals surface area contributed by atoms with E-state index in [0.717, 1.165) is 36.2 Å². The van der Waals surface area contributed by atoms with Crippen LogP contribution in [-0.4, -0.2) is 33.2 Å². The van der Waals surface area contributed by atoms with Gasteiger partial charge in [-0.05, 0) is 37.5 Å². The maximum Gasteiger partial charge on any atom is 0.240 e. The fraction of sp³-hybridized carbons (Fsp3) is 0.611. The molecule has 0 unspecified atom stereocenters. The van der Waals surface area contributed by atoms with Crippen molar-refractivity contribution in [3.8, 4) is 0 Å². The molecule has 1 amide bonds. The SMILES string of the molecule is Cc1c(Cl)cccc1N(CC(=O)NC1CCCCCCC1)S(C)(=O)=O. The highest BCUT2D eigenvalue weighted by molar-refractivity contribution is 7.92. The number of halogens is 1. The number of benzene rings is 1. The smallest absolute Gasteiger partial charge is 0.240 e. The molecule has 2 rings (SSSR count). The van der Waals surface area contributed by atoms with Crippen molar-refractivity contribution in [2.24, 2.45) is 0 Å². The first-order valence-corrected chi connectivity index (χ1v) is 11.0. The van der Waals surface area contributed by atoms with Crippen molar-refractivity contribution in [3.05, 3.63) is 28.8 Å². The minimum atomic E-state index is -3.59. The van der Waals surface area contributed by atoms with Crippen LogP contribution in [0.25, 0.3) is 0 Å². The topological polar surface area (TPSA) is 66.5 Å². The van der Waals surface area contributed by atoms with Gasteiger partial charge in [0.2, 0.25) is 15.9 Å². The minimum absolute atomic E-state index is 0.134. The lowest BCUT2D eigenvalue weighted by Gasteiger charge is -2.26. The number of hydrogen-bond donors (Lipinski definition) is 1. The first-order valence-electron chi connectivity index (χ1n) is 8.81. The molecule has 1 aromatic carbocycles. The number of sulfonamides is 1. The molecule has 1 saturated carbocycles. The van der Waals surface area contributed by atoms with E-state index in [4.69, 9.17) is 11.6 Å². The standard InChI is InChI=1S/C18H27ClN2O3S/c1-14-16(19)11-8-12-17(14)21(25(2,23)24)13-18(22)20-15-9-6-4-3-5-7-10-15/h8,11-12,15H,3-7,9-10,13H2,1-2H3,(H,20,22). The highest BCUT2D eigenvalue weighted by atomic mass is 35.5. The number of rotatable bonds is 5. The molecule has 0 aliphatic heterocycles. The molecule has 1 N–H and O–H groups in total. The summed E-state index contributed by atoms with van der Waals surface area (Å²) in [7, 11) is -3.59. The molecule has 0 heterocycles. The van der Waals surface area contributed by atoms with Crippen LogP contribution in [0.15, 0.2) is 18.2 Å². The number of anilines is 1. The van der Waals surface area contributed by atoms with Crippen molar-refractivity contribution in [1.29, 1.82) is 0 Å². The van der Waals surface area contributed by atoms with Gasteiger partial charge in [-0.15, -0.1) is 0 Å². The second-order valence-corrected chi connectivity index (χ2v) is 9.08. The van der Waals surface area contributed by atoms with E-state index in [1.807, 2.05) is 0 Å². The molecular formula is C18H27ClN2O3S. The Kier molecular flexibility index (Phi) is 7.14. The van der Waals surface area contributed by atoms with Crippen molar-refractivity contribution in [3.63, 3.8) is 0 Å². The molecule has 1 aliphatic carbocycles. The second-order valence-electron chi connectivity index (χ2n) is 6.76. The van der Waals surface area contributed by atoms with Crippen LogP contribution < -0.4 is 9.62 Å². The summed E-state index contributed by atoms with van der Waals surface area (Å²) < 4.78 is 25.6. The zero-order chi connectivity index (χ0) is 18.4. The van der Waals surface area contributed by atoms with Crippen LogP contribution in [0.4, 0.5) is 5.69 Å². The van der Waals surface area contributed by atoms with Crippen LogP contribution in [0.3, 0.4) is 0 Å². The summed E-state index contributed by atoms with van der Waals surface area (Å²) in [6.07, 6.45) is 8.89. The van der Waals surface area contributed by atoms with Crippen molar-refractivity contribution in [2.45, 2.75) is 57.9 Å². The maximum atomic E-state index is 12.5. The average molecular weight is 387 g/mol. The zero-order valence-corrected chi connectivity index (χ0v) is 16.5. The number of nitrogens with one attached hydrogen (secondary N) is 1. The summed E-state index contributed by atoms with van der Waals surface area (Å²) in [5.74, 6) is -0.268. The van der Waals surface area contributed by atoms with Crippen LogP contribution in [0.2, 0.25) is 5.02 Å².